The second-order valence-electron chi connectivity index (χ2n) is 11.6. The smallest absolute Gasteiger partial charge is 0.251 e. The summed E-state index contributed by atoms with van der Waals surface area (Å²) in [5.74, 6) is 0.416. The number of aromatic nitrogens is 4. The number of fused-ring (bicyclic) bond motifs is 3. The standard InChI is InChI=1S/C30H33FN8O2/c1-17(2)34-28(41)20-5-7-24-18(11-20)3-4-19-12-22(31)6-8-25(19)30(24,29-35-37-38-36-29)9-10-33-16-27(40)39-23(15-32)13-21-14-26(21)39/h5-8,11-12,17,21,23,26,33H,3-4,9-10,13-14,16H2,1-2H3,(H,34,41)(H,35,36,37,38)/t21-,23?,26+,30?/m1/s1. The summed E-state index contributed by atoms with van der Waals surface area (Å²) in [6, 6.07) is 12.6. The van der Waals surface area contributed by atoms with E-state index in [0.717, 1.165) is 35.1 Å². The highest BCUT2D eigenvalue weighted by Crippen LogP contribution is 2.48. The van der Waals surface area contributed by atoms with E-state index in [1.54, 1.807) is 17.0 Å². The van der Waals surface area contributed by atoms with Crippen molar-refractivity contribution in [2.24, 2.45) is 5.92 Å². The van der Waals surface area contributed by atoms with Crippen LogP contribution in [0.3, 0.4) is 0 Å². The molecule has 2 aliphatic carbocycles. The molecule has 2 amide bonds. The lowest BCUT2D eigenvalue weighted by Crippen LogP contribution is -2.44. The summed E-state index contributed by atoms with van der Waals surface area (Å²) in [4.78, 5) is 27.7. The number of aryl methyl sites for hydroxylation is 2. The SMILES string of the molecule is CC(C)NC(=O)c1ccc2c(c1)CCc1cc(F)ccc1C2(CCNCC(=O)N1C(C#N)C[C@@H]2C[C@@H]21)c1nnn[nH]1. The number of halogens is 1. The molecule has 2 unspecified atom stereocenters. The molecular formula is C30H33FN8O2. The van der Waals surface area contributed by atoms with Crippen molar-refractivity contribution < 1.29 is 14.0 Å². The van der Waals surface area contributed by atoms with Gasteiger partial charge in [-0.25, -0.2) is 9.49 Å². The highest BCUT2D eigenvalue weighted by atomic mass is 19.1. The maximum atomic E-state index is 14.5. The normalized spacial score (nSPS) is 24.2. The van der Waals surface area contributed by atoms with E-state index in [1.165, 1.54) is 6.07 Å². The van der Waals surface area contributed by atoms with Gasteiger partial charge in [0.25, 0.3) is 5.91 Å². The van der Waals surface area contributed by atoms with Crippen LogP contribution >= 0.6 is 0 Å². The third-order valence-corrected chi connectivity index (χ3v) is 8.68. The maximum absolute atomic E-state index is 14.5. The van der Waals surface area contributed by atoms with Crippen LogP contribution in [0.4, 0.5) is 4.39 Å². The quantitative estimate of drug-likeness (QED) is 0.362. The predicted molar refractivity (Wildman–Crippen MR) is 147 cm³/mol. The van der Waals surface area contributed by atoms with Gasteiger partial charge in [0.15, 0.2) is 5.82 Å². The first-order chi connectivity index (χ1) is 19.8. The zero-order valence-electron chi connectivity index (χ0n) is 23.2. The second kappa shape index (κ2) is 10.7. The van der Waals surface area contributed by atoms with Crippen LogP contribution in [-0.2, 0) is 23.1 Å². The summed E-state index contributed by atoms with van der Waals surface area (Å²) in [5, 5.41) is 30.8. The Morgan fingerprint density at radius 2 is 1.93 bits per heavy atom. The van der Waals surface area contributed by atoms with Gasteiger partial charge in [-0.2, -0.15) is 5.26 Å². The summed E-state index contributed by atoms with van der Waals surface area (Å²) in [5.41, 5.74) is 3.29. The molecular weight excluding hydrogens is 523 g/mol. The number of tetrazole rings is 1. The lowest BCUT2D eigenvalue weighted by Gasteiger charge is -2.34. The molecule has 0 radical (unpaired) electrons. The number of hydrogen-bond acceptors (Lipinski definition) is 7. The number of carbonyl (C=O) groups excluding carboxylic acids is 2. The number of carbonyl (C=O) groups is 2. The monoisotopic (exact) mass is 556 g/mol. The van der Waals surface area contributed by atoms with Gasteiger partial charge in [0.1, 0.15) is 11.9 Å². The van der Waals surface area contributed by atoms with Crippen LogP contribution in [0.25, 0.3) is 0 Å². The molecule has 1 saturated carbocycles. The molecule has 3 aromatic rings. The van der Waals surface area contributed by atoms with Crippen LogP contribution in [0.5, 0.6) is 0 Å². The number of aromatic amines is 1. The zero-order chi connectivity index (χ0) is 28.7. The van der Waals surface area contributed by atoms with Crippen molar-refractivity contribution in [3.63, 3.8) is 0 Å². The van der Waals surface area contributed by atoms with Crippen molar-refractivity contribution in [1.29, 1.82) is 5.26 Å². The lowest BCUT2D eigenvalue weighted by atomic mass is 9.69. The summed E-state index contributed by atoms with van der Waals surface area (Å²) < 4.78 is 14.5. The Bertz CT molecular complexity index is 1520. The molecule has 3 N–H and O–H groups in total. The second-order valence-corrected chi connectivity index (χ2v) is 11.6. The molecule has 2 fully saturated rings. The number of nitrogens with zero attached hydrogens (tertiary/aromatic N) is 5. The van der Waals surface area contributed by atoms with E-state index in [9.17, 15) is 19.2 Å². The molecule has 3 aliphatic rings. The first-order valence-corrected chi connectivity index (χ1v) is 14.2. The van der Waals surface area contributed by atoms with Gasteiger partial charge in [0, 0.05) is 17.6 Å². The van der Waals surface area contributed by atoms with Crippen LogP contribution < -0.4 is 10.6 Å². The molecule has 212 valence electrons. The number of H-pyrrole nitrogens is 1. The molecule has 2 heterocycles. The summed E-state index contributed by atoms with van der Waals surface area (Å²) in [6.45, 7) is 4.37. The van der Waals surface area contributed by atoms with Gasteiger partial charge in [-0.1, -0.05) is 12.1 Å². The Balaban J connectivity index is 1.34. The van der Waals surface area contributed by atoms with Crippen LogP contribution in [0.2, 0.25) is 0 Å². The number of amides is 2. The van der Waals surface area contributed by atoms with Crippen molar-refractivity contribution in [3.05, 3.63) is 75.9 Å². The first-order valence-electron chi connectivity index (χ1n) is 14.2. The highest BCUT2D eigenvalue weighted by Gasteiger charge is 2.54. The fourth-order valence-corrected chi connectivity index (χ4v) is 6.78. The summed E-state index contributed by atoms with van der Waals surface area (Å²) in [7, 11) is 0. The molecule has 1 aromatic heterocycles. The van der Waals surface area contributed by atoms with Gasteiger partial charge < -0.3 is 15.5 Å². The van der Waals surface area contributed by atoms with Crippen molar-refractivity contribution in [1.82, 2.24) is 36.2 Å². The maximum Gasteiger partial charge on any atom is 0.251 e. The van der Waals surface area contributed by atoms with Gasteiger partial charge in [-0.3, -0.25) is 9.59 Å². The average Bonchev–Trinajstić information content (AvgIpc) is 3.34. The number of benzene rings is 2. The average molecular weight is 557 g/mol. The van der Waals surface area contributed by atoms with E-state index in [0.29, 0.717) is 43.1 Å². The minimum Gasteiger partial charge on any atom is -0.350 e. The van der Waals surface area contributed by atoms with Gasteiger partial charge in [-0.05, 0) is 115 Å². The van der Waals surface area contributed by atoms with E-state index in [-0.39, 0.29) is 42.3 Å². The highest BCUT2D eigenvalue weighted by molar-refractivity contribution is 5.94. The summed E-state index contributed by atoms with van der Waals surface area (Å²) in [6.07, 6.45) is 3.39. The molecule has 10 nitrogen and oxygen atoms in total. The molecule has 1 aliphatic heterocycles. The van der Waals surface area contributed by atoms with Gasteiger partial charge in [-0.15, -0.1) is 5.10 Å². The number of hydrogen-bond donors (Lipinski definition) is 3. The molecule has 0 bridgehead atoms. The fourth-order valence-electron chi connectivity index (χ4n) is 6.78. The first kappa shape index (κ1) is 27.0. The third kappa shape index (κ3) is 4.86. The van der Waals surface area contributed by atoms with E-state index < -0.39 is 5.41 Å². The van der Waals surface area contributed by atoms with E-state index >= 15 is 0 Å². The van der Waals surface area contributed by atoms with E-state index in [1.807, 2.05) is 32.0 Å². The Morgan fingerprint density at radius 3 is 2.63 bits per heavy atom. The van der Waals surface area contributed by atoms with Gasteiger partial charge >= 0.3 is 0 Å². The van der Waals surface area contributed by atoms with Crippen molar-refractivity contribution in [2.75, 3.05) is 13.1 Å². The van der Waals surface area contributed by atoms with Crippen LogP contribution in [0.15, 0.2) is 36.4 Å². The van der Waals surface area contributed by atoms with Crippen LogP contribution in [-0.4, -0.2) is 68.6 Å². The summed E-state index contributed by atoms with van der Waals surface area (Å²) >= 11 is 0. The van der Waals surface area contributed by atoms with Gasteiger partial charge in [0.2, 0.25) is 5.91 Å². The molecule has 2 aromatic carbocycles. The Morgan fingerprint density at radius 1 is 1.17 bits per heavy atom. The Hall–Kier alpha value is -4.17. The van der Waals surface area contributed by atoms with E-state index in [2.05, 4.69) is 37.3 Å². The topological polar surface area (TPSA) is 140 Å². The minimum atomic E-state index is -0.883. The fraction of sp³-hybridized carbons (Fsp3) is 0.467. The largest absolute Gasteiger partial charge is 0.350 e. The van der Waals surface area contributed by atoms with Crippen molar-refractivity contribution in [3.8, 4) is 6.07 Å². The van der Waals surface area contributed by atoms with Crippen LogP contribution in [0.1, 0.15) is 71.5 Å². The lowest BCUT2D eigenvalue weighted by molar-refractivity contribution is -0.131. The number of rotatable bonds is 8. The van der Waals surface area contributed by atoms with Crippen molar-refractivity contribution in [2.45, 2.75) is 69.5 Å². The number of piperidine rings is 1. The molecule has 0 spiro atoms. The molecule has 4 atom stereocenters. The van der Waals surface area contributed by atoms with Crippen LogP contribution in [0, 0.1) is 23.1 Å². The Kier molecular flexibility index (Phi) is 7.03. The molecule has 1 saturated heterocycles. The number of nitrogens with one attached hydrogen (secondary N) is 3. The van der Waals surface area contributed by atoms with E-state index in [4.69, 9.17) is 0 Å². The van der Waals surface area contributed by atoms with Crippen molar-refractivity contribution >= 4 is 11.8 Å². The Labute approximate surface area is 237 Å². The number of likely N-dealkylation sites (tertiary alicyclic amines) is 1. The zero-order valence-corrected chi connectivity index (χ0v) is 23.2. The predicted octanol–water partition coefficient (Wildman–Crippen LogP) is 2.40. The molecule has 6 rings (SSSR count). The van der Waals surface area contributed by atoms with Gasteiger partial charge in [0.05, 0.1) is 18.0 Å². The minimum absolute atomic E-state index is 0.00326. The molecule has 41 heavy (non-hydrogen) atoms. The molecule has 11 heteroatoms. The third-order valence-electron chi connectivity index (χ3n) is 8.68. The number of nitriles is 1.